The third kappa shape index (κ3) is 3.02. The molecule has 0 atom stereocenters. The Bertz CT molecular complexity index is 1270. The van der Waals surface area contributed by atoms with Gasteiger partial charge in [0.05, 0.1) is 28.9 Å². The van der Waals surface area contributed by atoms with Crippen LogP contribution >= 0.6 is 0 Å². The molecule has 3 heterocycles. The number of benzene rings is 1. The van der Waals surface area contributed by atoms with E-state index in [4.69, 9.17) is 0 Å². The average molecular weight is 425 g/mol. The number of pyridine rings is 1. The van der Waals surface area contributed by atoms with Crippen molar-refractivity contribution in [3.63, 3.8) is 0 Å². The zero-order chi connectivity index (χ0) is 22.0. The van der Waals surface area contributed by atoms with Crippen LogP contribution in [0.3, 0.4) is 0 Å². The van der Waals surface area contributed by atoms with Gasteiger partial charge in [0.15, 0.2) is 5.65 Å². The quantitative estimate of drug-likeness (QED) is 0.595. The van der Waals surface area contributed by atoms with Gasteiger partial charge in [0.1, 0.15) is 6.07 Å². The molecule has 1 aromatic carbocycles. The molecule has 0 radical (unpaired) electrons. The Morgan fingerprint density at radius 2 is 1.83 bits per heavy atom. The summed E-state index contributed by atoms with van der Waals surface area (Å²) in [7, 11) is 0. The molecular formula is C18H9F6N5O. The maximum atomic E-state index is 13.8. The molecule has 1 aliphatic rings. The number of amides is 1. The number of carbonyl (C=O) groups excluding carboxylic acids is 1. The molecule has 0 saturated carbocycles. The molecule has 154 valence electrons. The number of aryl methyl sites for hydroxylation is 1. The summed E-state index contributed by atoms with van der Waals surface area (Å²) < 4.78 is 81.2. The number of nitrogens with zero attached hydrogens (tertiary/aromatic N) is 4. The van der Waals surface area contributed by atoms with Gasteiger partial charge in [-0.3, -0.25) is 4.79 Å². The van der Waals surface area contributed by atoms with Crippen molar-refractivity contribution in [3.05, 3.63) is 46.3 Å². The van der Waals surface area contributed by atoms with Crippen LogP contribution in [-0.4, -0.2) is 20.5 Å². The number of hydrogen-bond acceptors (Lipinski definition) is 4. The van der Waals surface area contributed by atoms with Crippen LogP contribution in [0.4, 0.5) is 32.0 Å². The molecule has 0 unspecified atom stereocenters. The Morgan fingerprint density at radius 3 is 2.43 bits per heavy atom. The lowest BCUT2D eigenvalue weighted by Crippen LogP contribution is -2.13. The molecule has 1 N–H and O–H groups in total. The highest BCUT2D eigenvalue weighted by Crippen LogP contribution is 2.41. The summed E-state index contributed by atoms with van der Waals surface area (Å²) in [5.41, 5.74) is -2.42. The number of halogens is 6. The summed E-state index contributed by atoms with van der Waals surface area (Å²) >= 11 is 0. The number of hydrogen-bond donors (Lipinski definition) is 1. The van der Waals surface area contributed by atoms with E-state index in [9.17, 15) is 36.4 Å². The highest BCUT2D eigenvalue weighted by Gasteiger charge is 2.40. The number of fused-ring (bicyclic) bond motifs is 2. The molecule has 1 aliphatic heterocycles. The largest absolute Gasteiger partial charge is 0.453 e. The Hall–Kier alpha value is -3.62. The molecule has 1 amide bonds. The molecule has 0 bridgehead atoms. The van der Waals surface area contributed by atoms with Crippen LogP contribution in [0.1, 0.15) is 28.1 Å². The zero-order valence-corrected chi connectivity index (χ0v) is 14.9. The van der Waals surface area contributed by atoms with Gasteiger partial charge in [0.25, 0.3) is 5.82 Å². The number of alkyl halides is 6. The first kappa shape index (κ1) is 19.7. The smallest absolute Gasteiger partial charge is 0.324 e. The number of carbonyl (C=O) groups is 1. The van der Waals surface area contributed by atoms with Crippen molar-refractivity contribution >= 4 is 17.2 Å². The minimum absolute atomic E-state index is 0.119. The molecule has 0 aliphatic carbocycles. The normalized spacial score (nSPS) is 14.0. The van der Waals surface area contributed by atoms with Gasteiger partial charge >= 0.3 is 12.4 Å². The lowest BCUT2D eigenvalue weighted by Gasteiger charge is -2.16. The zero-order valence-electron chi connectivity index (χ0n) is 14.9. The number of rotatable bonds is 1. The van der Waals surface area contributed by atoms with Crippen molar-refractivity contribution in [3.8, 4) is 17.3 Å². The third-order valence-electron chi connectivity index (χ3n) is 4.58. The van der Waals surface area contributed by atoms with Crippen molar-refractivity contribution < 1.29 is 31.1 Å². The predicted octanol–water partition coefficient (Wildman–Crippen LogP) is 4.11. The van der Waals surface area contributed by atoms with Crippen LogP contribution in [0, 0.1) is 18.3 Å². The predicted molar refractivity (Wildman–Crippen MR) is 90.2 cm³/mol. The number of aromatic nitrogens is 3. The second-order valence-electron chi connectivity index (χ2n) is 6.65. The summed E-state index contributed by atoms with van der Waals surface area (Å²) in [6, 6.07) is 4.76. The number of nitrogens with one attached hydrogen (secondary N) is 1. The molecule has 0 spiro atoms. The highest BCUT2D eigenvalue weighted by molar-refractivity contribution is 6.01. The highest BCUT2D eigenvalue weighted by atomic mass is 19.4. The maximum absolute atomic E-state index is 13.8. The van der Waals surface area contributed by atoms with Gasteiger partial charge in [-0.15, -0.1) is 5.10 Å². The van der Waals surface area contributed by atoms with Gasteiger partial charge in [-0.25, -0.2) is 9.50 Å². The average Bonchev–Trinajstić information content (AvgIpc) is 3.23. The summed E-state index contributed by atoms with van der Waals surface area (Å²) in [6.07, 6.45) is -10.1. The van der Waals surface area contributed by atoms with Crippen LogP contribution in [0.5, 0.6) is 0 Å². The van der Waals surface area contributed by atoms with Crippen molar-refractivity contribution in [2.45, 2.75) is 25.7 Å². The Morgan fingerprint density at radius 1 is 1.13 bits per heavy atom. The van der Waals surface area contributed by atoms with Crippen molar-refractivity contribution in [1.82, 2.24) is 14.6 Å². The molecule has 3 aromatic rings. The van der Waals surface area contributed by atoms with Crippen molar-refractivity contribution in [2.24, 2.45) is 0 Å². The minimum Gasteiger partial charge on any atom is -0.324 e. The van der Waals surface area contributed by atoms with E-state index in [1.807, 2.05) is 0 Å². The van der Waals surface area contributed by atoms with Crippen LogP contribution in [-0.2, 0) is 23.6 Å². The van der Waals surface area contributed by atoms with Crippen LogP contribution in [0.15, 0.2) is 18.2 Å². The molecule has 4 rings (SSSR count). The lowest BCUT2D eigenvalue weighted by atomic mass is 9.97. The van der Waals surface area contributed by atoms with E-state index in [-0.39, 0.29) is 34.4 Å². The van der Waals surface area contributed by atoms with E-state index in [1.165, 1.54) is 13.0 Å². The van der Waals surface area contributed by atoms with Crippen LogP contribution in [0.2, 0.25) is 0 Å². The molecule has 0 saturated heterocycles. The molecule has 30 heavy (non-hydrogen) atoms. The van der Waals surface area contributed by atoms with Gasteiger partial charge in [-0.2, -0.15) is 31.6 Å². The van der Waals surface area contributed by atoms with Crippen molar-refractivity contribution in [2.75, 3.05) is 5.32 Å². The fourth-order valence-electron chi connectivity index (χ4n) is 3.37. The van der Waals surface area contributed by atoms with Gasteiger partial charge in [0, 0.05) is 5.56 Å². The lowest BCUT2D eigenvalue weighted by molar-refractivity contribution is -0.144. The number of nitriles is 1. The Kier molecular flexibility index (Phi) is 4.06. The van der Waals surface area contributed by atoms with Crippen molar-refractivity contribution in [1.29, 1.82) is 5.26 Å². The van der Waals surface area contributed by atoms with E-state index in [0.717, 1.165) is 6.07 Å². The first-order valence-electron chi connectivity index (χ1n) is 8.32. The minimum atomic E-state index is -4.97. The Balaban J connectivity index is 2.11. The first-order valence-corrected chi connectivity index (χ1v) is 8.32. The topological polar surface area (TPSA) is 83.1 Å². The van der Waals surface area contributed by atoms with E-state index in [2.05, 4.69) is 15.4 Å². The van der Waals surface area contributed by atoms with Gasteiger partial charge in [-0.1, -0.05) is 0 Å². The summed E-state index contributed by atoms with van der Waals surface area (Å²) in [4.78, 5) is 15.0. The van der Waals surface area contributed by atoms with Gasteiger partial charge in [0.2, 0.25) is 5.91 Å². The fraction of sp³-hybridized carbons (Fsp3) is 0.222. The molecule has 12 heteroatoms. The fourth-order valence-corrected chi connectivity index (χ4v) is 3.37. The summed E-state index contributed by atoms with van der Waals surface area (Å²) in [6.45, 7) is 1.19. The van der Waals surface area contributed by atoms with Crippen LogP contribution < -0.4 is 5.32 Å². The monoisotopic (exact) mass is 425 g/mol. The van der Waals surface area contributed by atoms with E-state index >= 15 is 0 Å². The van der Waals surface area contributed by atoms with E-state index in [0.29, 0.717) is 10.6 Å². The third-order valence-corrected chi connectivity index (χ3v) is 4.58. The van der Waals surface area contributed by atoms with Gasteiger partial charge < -0.3 is 5.32 Å². The second-order valence-corrected chi connectivity index (χ2v) is 6.65. The van der Waals surface area contributed by atoms with E-state index < -0.39 is 41.0 Å². The molecule has 0 fully saturated rings. The molecule has 2 aromatic heterocycles. The standard InChI is InChI=1S/C18H9F6N5O/c1-7-2-11(17(19,20)21)14(29-15(7)27-16(28-29)18(22,23)24)9-3-8-5-12(30)26-13(8)10(4-9)6-25/h2-4H,5H2,1H3,(H,26,30). The summed E-state index contributed by atoms with van der Waals surface area (Å²) in [5.74, 6) is -2.05. The first-order chi connectivity index (χ1) is 13.9. The van der Waals surface area contributed by atoms with Crippen LogP contribution in [0.25, 0.3) is 16.9 Å². The van der Waals surface area contributed by atoms with Gasteiger partial charge in [-0.05, 0) is 36.2 Å². The SMILES string of the molecule is Cc1cc(C(F)(F)F)c(-c2cc(C#N)c3c(c2)CC(=O)N3)n2nc(C(F)(F)F)nc12. The molecule has 6 nitrogen and oxygen atoms in total. The summed E-state index contributed by atoms with van der Waals surface area (Å²) in [5, 5.41) is 15.1. The van der Waals surface area contributed by atoms with E-state index in [1.54, 1.807) is 6.07 Å². The molecular weight excluding hydrogens is 416 g/mol. The number of anilines is 1. The maximum Gasteiger partial charge on any atom is 0.453 e. The second kappa shape index (κ2) is 6.19. The Labute approximate surface area is 163 Å².